The third kappa shape index (κ3) is 10.4. The van der Waals surface area contributed by atoms with Gasteiger partial charge in [-0.05, 0) is 57.3 Å². The molecule has 0 saturated carbocycles. The fourth-order valence-electron chi connectivity index (χ4n) is 11.1. The molecule has 0 amide bonds. The van der Waals surface area contributed by atoms with Crippen molar-refractivity contribution in [2.45, 2.75) is 204 Å². The lowest BCUT2D eigenvalue weighted by atomic mass is 9.72. The van der Waals surface area contributed by atoms with Crippen LogP contribution in [-0.2, 0) is 61.7 Å². The molecule has 0 aromatic carbocycles. The second-order valence-electron chi connectivity index (χ2n) is 20.2. The second kappa shape index (κ2) is 20.7. The maximum absolute atomic E-state index is 14.4. The molecule has 20 atom stereocenters. The number of hydrogen-bond donors (Lipinski definition) is 2. The Kier molecular flexibility index (Phi) is 16.0. The Morgan fingerprint density at radius 2 is 1.70 bits per heavy atom. The minimum absolute atomic E-state index is 0.0150. The van der Waals surface area contributed by atoms with Crippen molar-refractivity contribution in [2.24, 2.45) is 23.7 Å². The smallest absolute Gasteiger partial charge is 0.337 e. The Morgan fingerprint density at radius 3 is 2.39 bits per heavy atom. The van der Waals surface area contributed by atoms with Gasteiger partial charge in [-0.1, -0.05) is 77.5 Å². The molecule has 7 rings (SSSR count). The van der Waals surface area contributed by atoms with Crippen LogP contribution in [0.4, 0.5) is 0 Å². The molecule has 66 heavy (non-hydrogen) atoms. The molecule has 0 aromatic heterocycles. The number of esters is 2. The molecule has 7 aliphatic rings. The first-order valence-corrected chi connectivity index (χ1v) is 24.2. The highest BCUT2D eigenvalue weighted by atomic mass is 16.7. The number of hydrogen-bond acceptors (Lipinski definition) is 15. The maximum atomic E-state index is 14.4. The van der Waals surface area contributed by atoms with Crippen LogP contribution in [-0.4, -0.2) is 140 Å². The lowest BCUT2D eigenvalue weighted by Gasteiger charge is -2.48. The zero-order valence-corrected chi connectivity index (χ0v) is 41.0. The van der Waals surface area contributed by atoms with Crippen LogP contribution >= 0.6 is 0 Å². The molecule has 2 bridgehead atoms. The zero-order chi connectivity index (χ0) is 47.9. The average Bonchev–Trinajstić information content (AvgIpc) is 3.61. The van der Waals surface area contributed by atoms with Gasteiger partial charge in [-0.25, -0.2) is 4.79 Å². The van der Waals surface area contributed by atoms with E-state index in [0.717, 1.165) is 12.0 Å². The highest BCUT2D eigenvalue weighted by Crippen LogP contribution is 2.47. The van der Waals surface area contributed by atoms with E-state index in [-0.39, 0.29) is 42.5 Å². The molecule has 0 unspecified atom stereocenters. The molecule has 15 nitrogen and oxygen atoms in total. The summed E-state index contributed by atoms with van der Waals surface area (Å²) < 4.78 is 70.2. The van der Waals surface area contributed by atoms with E-state index < -0.39 is 108 Å². The third-order valence-corrected chi connectivity index (χ3v) is 15.2. The van der Waals surface area contributed by atoms with Gasteiger partial charge in [-0.15, -0.1) is 0 Å². The van der Waals surface area contributed by atoms with Crippen molar-refractivity contribution in [3.05, 3.63) is 59.3 Å². The molecule has 2 N–H and O–H groups in total. The number of carbonyl (C=O) groups excluding carboxylic acids is 2. The lowest BCUT2D eigenvalue weighted by Crippen LogP contribution is -2.60. The summed E-state index contributed by atoms with van der Waals surface area (Å²) in [5, 5.41) is 23.8. The first-order valence-electron chi connectivity index (χ1n) is 24.2. The van der Waals surface area contributed by atoms with Gasteiger partial charge >= 0.3 is 11.9 Å². The first-order chi connectivity index (χ1) is 31.2. The van der Waals surface area contributed by atoms with Crippen LogP contribution in [0.3, 0.4) is 0 Å². The van der Waals surface area contributed by atoms with Gasteiger partial charge in [0.1, 0.15) is 29.5 Å². The Bertz CT molecular complexity index is 1890. The molecular formula is C51H76O15. The van der Waals surface area contributed by atoms with E-state index in [9.17, 15) is 19.8 Å². The first kappa shape index (κ1) is 51.1. The maximum Gasteiger partial charge on any atom is 0.337 e. The van der Waals surface area contributed by atoms with Gasteiger partial charge in [0, 0.05) is 64.6 Å². The van der Waals surface area contributed by atoms with E-state index in [4.69, 9.17) is 52.1 Å². The topological polar surface area (TPSA) is 176 Å². The van der Waals surface area contributed by atoms with Crippen LogP contribution in [0.1, 0.15) is 108 Å². The number of aliphatic hydroxyl groups excluding tert-OH is 1. The Morgan fingerprint density at radius 1 is 0.955 bits per heavy atom. The number of allylic oxidation sites excluding steroid dienone is 2. The van der Waals surface area contributed by atoms with Crippen molar-refractivity contribution in [3.8, 4) is 0 Å². The van der Waals surface area contributed by atoms with Crippen LogP contribution < -0.4 is 0 Å². The predicted molar refractivity (Wildman–Crippen MR) is 241 cm³/mol. The predicted octanol–water partition coefficient (Wildman–Crippen LogP) is 6.34. The average molecular weight is 929 g/mol. The van der Waals surface area contributed by atoms with Crippen molar-refractivity contribution in [1.82, 2.24) is 0 Å². The monoisotopic (exact) mass is 929 g/mol. The van der Waals surface area contributed by atoms with Crippen LogP contribution in [0.25, 0.3) is 0 Å². The van der Waals surface area contributed by atoms with E-state index in [1.54, 1.807) is 33.3 Å². The van der Waals surface area contributed by atoms with Crippen LogP contribution in [0.15, 0.2) is 59.3 Å². The number of ether oxygens (including phenoxy) is 11. The van der Waals surface area contributed by atoms with Crippen LogP contribution in [0, 0.1) is 23.7 Å². The minimum atomic E-state index is -1.91. The number of aliphatic hydroxyl groups is 2. The largest absolute Gasteiger partial charge is 0.459 e. The van der Waals surface area contributed by atoms with Gasteiger partial charge in [0.05, 0.1) is 54.9 Å². The van der Waals surface area contributed by atoms with Crippen molar-refractivity contribution >= 4 is 11.9 Å². The van der Waals surface area contributed by atoms with Crippen LogP contribution in [0.5, 0.6) is 0 Å². The van der Waals surface area contributed by atoms with E-state index in [1.165, 1.54) is 6.92 Å². The molecule has 4 saturated heterocycles. The standard InChI is InChI=1S/C51H76O15/c1-13-27(2)44-30(5)19-20-50(66-44)24-37-22-36(65-50)18-17-29(4)43(28(3)15-14-16-35-26-58-47-42(53)31(6)21-38(48(54)62-37)51(35,47)55)63-40-23-39(56-11)45(32(7)59-40)64-41-25-49(10,57-12)46(33(8)60-41)61-34(9)52/h14-17,19-21,27-28,30-33,36-37,39-47,53,55H,13,18,22-26H2,1-12H3/b15-14+,29-17+,35-16+/t27-,28-,30-,31-,32-,33-,36+,37-,39-,40-,41+,42+,43-,44+,45-,46-,47+,49+,50+,51+/m0/s1. The molecule has 6 aliphatic heterocycles. The Hall–Kier alpha value is -2.80. The van der Waals surface area contributed by atoms with Crippen molar-refractivity contribution in [1.29, 1.82) is 0 Å². The second-order valence-corrected chi connectivity index (χ2v) is 20.2. The highest BCUT2D eigenvalue weighted by Gasteiger charge is 2.59. The molecular weight excluding hydrogens is 853 g/mol. The van der Waals surface area contributed by atoms with Crippen molar-refractivity contribution < 1.29 is 71.9 Å². The Labute approximate surface area is 391 Å². The fourth-order valence-corrected chi connectivity index (χ4v) is 11.1. The summed E-state index contributed by atoms with van der Waals surface area (Å²) in [7, 11) is 3.23. The zero-order valence-electron chi connectivity index (χ0n) is 41.0. The van der Waals surface area contributed by atoms with E-state index in [1.807, 2.05) is 45.9 Å². The van der Waals surface area contributed by atoms with Gasteiger partial charge in [0.25, 0.3) is 0 Å². The summed E-state index contributed by atoms with van der Waals surface area (Å²) in [5.41, 5.74) is -1.31. The van der Waals surface area contributed by atoms with Gasteiger partial charge in [-0.2, -0.15) is 0 Å². The Balaban J connectivity index is 1.17. The molecule has 370 valence electrons. The third-order valence-electron chi connectivity index (χ3n) is 15.2. The molecule has 15 heteroatoms. The SMILES string of the molecule is CC[C@H](C)[C@H]1O[C@]2(C=C[C@@H]1C)C[C@@H]1C[C@@H](C/C=C(\C)[C@@H](O[C@H]3C[C@H](OC)[C@@H](O[C@@H]4C[C@@](C)(OC)[C@@H](OC(C)=O)[C@H](C)O4)[C@H](C)O3)[C@@H](C)/C=C/C=C3\CO[C@@H]4[C@H](O)[C@@H](C)C=C(C(=O)O1)[C@]34O)O2. The summed E-state index contributed by atoms with van der Waals surface area (Å²) >= 11 is 0. The molecule has 1 aliphatic carbocycles. The van der Waals surface area contributed by atoms with Gasteiger partial charge in [0.2, 0.25) is 0 Å². The normalized spacial score (nSPS) is 47.9. The summed E-state index contributed by atoms with van der Waals surface area (Å²) in [5.74, 6) is -2.47. The summed E-state index contributed by atoms with van der Waals surface area (Å²) in [4.78, 5) is 26.3. The molecule has 0 radical (unpaired) electrons. The molecule has 0 aromatic rings. The lowest BCUT2D eigenvalue weighted by molar-refractivity contribution is -0.329. The minimum Gasteiger partial charge on any atom is -0.459 e. The fraction of sp³-hybridized carbons (Fsp3) is 0.765. The molecule has 1 spiro atoms. The number of rotatable bonds is 9. The van der Waals surface area contributed by atoms with Gasteiger partial charge in [0.15, 0.2) is 24.5 Å². The number of carbonyl (C=O) groups is 2. The molecule has 4 fully saturated rings. The number of methoxy groups -OCH3 is 2. The summed E-state index contributed by atoms with van der Waals surface area (Å²) in [6.45, 7) is 19.4. The van der Waals surface area contributed by atoms with E-state index in [0.29, 0.717) is 31.3 Å². The van der Waals surface area contributed by atoms with Gasteiger partial charge in [-0.3, -0.25) is 4.79 Å². The number of fused-ring (bicyclic) bond motifs is 2. The highest BCUT2D eigenvalue weighted by molar-refractivity contribution is 5.93. The van der Waals surface area contributed by atoms with Crippen LogP contribution in [0.2, 0.25) is 0 Å². The van der Waals surface area contributed by atoms with Gasteiger partial charge < -0.3 is 62.3 Å². The summed E-state index contributed by atoms with van der Waals surface area (Å²) in [6, 6.07) is 0. The van der Waals surface area contributed by atoms with Crippen molar-refractivity contribution in [3.63, 3.8) is 0 Å². The molecule has 6 heterocycles. The van der Waals surface area contributed by atoms with E-state index >= 15 is 0 Å². The van der Waals surface area contributed by atoms with E-state index in [2.05, 4.69) is 39.8 Å². The van der Waals surface area contributed by atoms with Crippen molar-refractivity contribution in [2.75, 3.05) is 20.8 Å². The summed E-state index contributed by atoms with van der Waals surface area (Å²) in [6.07, 6.45) is 8.63. The quantitative estimate of drug-likeness (QED) is 0.194.